The van der Waals surface area contributed by atoms with Crippen molar-refractivity contribution in [1.29, 1.82) is 0 Å². The zero-order valence-corrected chi connectivity index (χ0v) is 23.0. The van der Waals surface area contributed by atoms with Gasteiger partial charge in [-0.05, 0) is 44.2 Å². The van der Waals surface area contributed by atoms with Crippen molar-refractivity contribution in [1.82, 2.24) is 0 Å². The molecule has 1 rings (SSSR count). The minimum Gasteiger partial charge on any atom is -0.427 e. The fraction of sp³-hybridized carbons (Fsp3) is 0.625. The maximum atomic E-state index is 11.7. The van der Waals surface area contributed by atoms with Crippen molar-refractivity contribution in [3.8, 4) is 5.75 Å². The first-order valence-electron chi connectivity index (χ1n) is 10.7. The van der Waals surface area contributed by atoms with E-state index in [1.54, 1.807) is 0 Å². The van der Waals surface area contributed by atoms with Crippen molar-refractivity contribution in [2.75, 3.05) is 0 Å². The molecule has 0 saturated carbocycles. The van der Waals surface area contributed by atoms with E-state index < -0.39 is 0 Å². The van der Waals surface area contributed by atoms with E-state index in [1.165, 1.54) is 70.6 Å². The summed E-state index contributed by atoms with van der Waals surface area (Å²) < 4.78 is 5.29. The molecular formula is C24H38HgO2. The first-order valence-corrected chi connectivity index (χ1v) is 10.7. The Morgan fingerprint density at radius 1 is 0.778 bits per heavy atom. The molecule has 0 heterocycles. The summed E-state index contributed by atoms with van der Waals surface area (Å²) in [6.45, 7) is 2.27. The second-order valence-electron chi connectivity index (χ2n) is 7.12. The number of hydrogen-bond acceptors (Lipinski definition) is 2. The van der Waals surface area contributed by atoms with Crippen molar-refractivity contribution in [2.45, 2.75) is 96.8 Å². The van der Waals surface area contributed by atoms with E-state index in [1.807, 2.05) is 30.3 Å². The van der Waals surface area contributed by atoms with Crippen molar-refractivity contribution in [2.24, 2.45) is 0 Å². The Bertz CT molecular complexity index is 471. The molecule has 0 spiro atoms. The SMILES string of the molecule is CCCCCCCC/C=C\CCCCCCCC(=O)Oc1ccccc1.[Hg]. The minimum absolute atomic E-state index is 0. The van der Waals surface area contributed by atoms with Crippen LogP contribution in [0.25, 0.3) is 0 Å². The Balaban J connectivity index is 0.00000676. The normalized spacial score (nSPS) is 10.7. The molecule has 0 amide bonds. The van der Waals surface area contributed by atoms with E-state index >= 15 is 0 Å². The molecule has 0 fully saturated rings. The number of hydrogen-bond donors (Lipinski definition) is 0. The van der Waals surface area contributed by atoms with E-state index in [4.69, 9.17) is 4.74 Å². The van der Waals surface area contributed by atoms with Crippen LogP contribution >= 0.6 is 0 Å². The van der Waals surface area contributed by atoms with Gasteiger partial charge in [-0.3, -0.25) is 4.79 Å². The molecule has 0 bridgehead atoms. The van der Waals surface area contributed by atoms with Gasteiger partial charge in [-0.15, -0.1) is 0 Å². The molecule has 0 aliphatic carbocycles. The largest absolute Gasteiger partial charge is 0.427 e. The molecule has 1 aromatic carbocycles. The van der Waals surface area contributed by atoms with E-state index in [0.29, 0.717) is 12.2 Å². The molecule has 3 heteroatoms. The molecule has 0 N–H and O–H groups in total. The number of allylic oxidation sites excluding steroid dienone is 2. The molecule has 0 atom stereocenters. The second-order valence-corrected chi connectivity index (χ2v) is 7.12. The smallest absolute Gasteiger partial charge is 0.311 e. The van der Waals surface area contributed by atoms with Gasteiger partial charge in [0.2, 0.25) is 0 Å². The van der Waals surface area contributed by atoms with E-state index in [2.05, 4.69) is 19.1 Å². The van der Waals surface area contributed by atoms with Gasteiger partial charge in [-0.1, -0.05) is 88.6 Å². The Labute approximate surface area is 187 Å². The van der Waals surface area contributed by atoms with Gasteiger partial charge >= 0.3 is 5.97 Å². The maximum absolute atomic E-state index is 11.7. The van der Waals surface area contributed by atoms with Gasteiger partial charge in [-0.25, -0.2) is 0 Å². The van der Waals surface area contributed by atoms with Crippen molar-refractivity contribution in [3.63, 3.8) is 0 Å². The molecule has 0 aromatic heterocycles. The van der Waals surface area contributed by atoms with Crippen LogP contribution in [0.2, 0.25) is 0 Å². The Kier molecular flexibility index (Phi) is 19.6. The summed E-state index contributed by atoms with van der Waals surface area (Å²) in [5, 5.41) is 0. The molecule has 2 nitrogen and oxygen atoms in total. The van der Waals surface area contributed by atoms with Crippen molar-refractivity contribution in [3.05, 3.63) is 42.5 Å². The number of ether oxygens (including phenoxy) is 1. The Morgan fingerprint density at radius 3 is 1.89 bits per heavy atom. The van der Waals surface area contributed by atoms with Crippen LogP contribution in [-0.2, 0) is 32.5 Å². The topological polar surface area (TPSA) is 26.3 Å². The first-order chi connectivity index (χ1) is 12.8. The molecule has 0 saturated heterocycles. The van der Waals surface area contributed by atoms with Gasteiger partial charge in [0.25, 0.3) is 0 Å². The van der Waals surface area contributed by atoms with Crippen LogP contribution < -0.4 is 4.74 Å². The quantitative estimate of drug-likeness (QED) is 0.0685. The number of benzene rings is 1. The second kappa shape index (κ2) is 20.1. The van der Waals surface area contributed by atoms with Gasteiger partial charge in [-0.2, -0.15) is 0 Å². The predicted octanol–water partition coefficient (Wildman–Crippen LogP) is 7.63. The van der Waals surface area contributed by atoms with Crippen LogP contribution in [0.1, 0.15) is 96.8 Å². The van der Waals surface area contributed by atoms with E-state index in [0.717, 1.165) is 12.8 Å². The summed E-state index contributed by atoms with van der Waals surface area (Å²) in [7, 11) is 0. The van der Waals surface area contributed by atoms with Crippen molar-refractivity contribution >= 4 is 5.97 Å². The molecule has 0 unspecified atom stereocenters. The zero-order valence-electron chi connectivity index (χ0n) is 17.5. The third-order valence-electron chi connectivity index (χ3n) is 4.62. The monoisotopic (exact) mass is 560 g/mol. The van der Waals surface area contributed by atoms with E-state index in [-0.39, 0.29) is 33.6 Å². The molecule has 27 heavy (non-hydrogen) atoms. The Hall–Kier alpha value is -0.635. The number of rotatable bonds is 16. The molecule has 1 aromatic rings. The number of esters is 1. The molecule has 0 aliphatic rings. The molecule has 0 radical (unpaired) electrons. The fourth-order valence-electron chi connectivity index (χ4n) is 3.01. The predicted molar refractivity (Wildman–Crippen MR) is 112 cm³/mol. The van der Waals surface area contributed by atoms with Crippen LogP contribution in [0, 0.1) is 0 Å². The first kappa shape index (κ1) is 26.4. The Morgan fingerprint density at radius 2 is 1.30 bits per heavy atom. The standard InChI is InChI=1S/C24H38O2.Hg/c1-2-3-4-5-6-7-8-9-10-11-12-13-14-15-19-22-24(25)26-23-20-17-16-18-21-23;/h9-10,16-18,20-21H,2-8,11-15,19,22H2,1H3;/b10-9-;. The number of carbonyl (C=O) groups is 1. The molecule has 0 aliphatic heterocycles. The van der Waals surface area contributed by atoms with Crippen LogP contribution in [0.15, 0.2) is 42.5 Å². The number of unbranched alkanes of at least 4 members (excludes halogenated alkanes) is 11. The van der Waals surface area contributed by atoms with Gasteiger partial charge < -0.3 is 4.74 Å². The fourth-order valence-corrected chi connectivity index (χ4v) is 3.01. The molecule has 148 valence electrons. The number of carbonyl (C=O) groups excluding carboxylic acids is 1. The summed E-state index contributed by atoms with van der Waals surface area (Å²) in [5.41, 5.74) is 0. The van der Waals surface area contributed by atoms with Gasteiger partial charge in [0, 0.05) is 34.1 Å². The van der Waals surface area contributed by atoms with Crippen molar-refractivity contribution < 1.29 is 37.2 Å². The van der Waals surface area contributed by atoms with Crippen LogP contribution in [0.4, 0.5) is 0 Å². The average molecular weight is 559 g/mol. The summed E-state index contributed by atoms with van der Waals surface area (Å²) in [6.07, 6.45) is 21.7. The summed E-state index contributed by atoms with van der Waals surface area (Å²) in [5.74, 6) is 0.527. The maximum Gasteiger partial charge on any atom is 0.311 e. The minimum atomic E-state index is -0.117. The number of para-hydroxylation sites is 1. The van der Waals surface area contributed by atoms with Crippen LogP contribution in [0.3, 0.4) is 0 Å². The summed E-state index contributed by atoms with van der Waals surface area (Å²) >= 11 is 0. The van der Waals surface area contributed by atoms with E-state index in [9.17, 15) is 4.79 Å². The molecular weight excluding hydrogens is 521 g/mol. The van der Waals surface area contributed by atoms with Gasteiger partial charge in [0.15, 0.2) is 0 Å². The summed E-state index contributed by atoms with van der Waals surface area (Å²) in [4.78, 5) is 11.7. The zero-order chi connectivity index (χ0) is 18.7. The van der Waals surface area contributed by atoms with Gasteiger partial charge in [0.05, 0.1) is 0 Å². The van der Waals surface area contributed by atoms with Crippen LogP contribution in [-0.4, -0.2) is 5.97 Å². The third-order valence-corrected chi connectivity index (χ3v) is 4.62. The third kappa shape index (κ3) is 17.2. The average Bonchev–Trinajstić information content (AvgIpc) is 2.65. The van der Waals surface area contributed by atoms with Gasteiger partial charge in [0.1, 0.15) is 5.75 Å². The van der Waals surface area contributed by atoms with Crippen LogP contribution in [0.5, 0.6) is 5.75 Å². The summed E-state index contributed by atoms with van der Waals surface area (Å²) in [6, 6.07) is 9.31.